The molecule has 0 fully saturated rings. The van der Waals surface area contributed by atoms with Crippen LogP contribution in [0.15, 0.2) is 36.4 Å². The van der Waals surface area contributed by atoms with Crippen molar-refractivity contribution in [1.29, 1.82) is 0 Å². The molecular weight excluding hydrogens is 305 g/mol. The molecule has 0 aromatic heterocycles. The zero-order valence-corrected chi connectivity index (χ0v) is 12.5. The van der Waals surface area contributed by atoms with Crippen LogP contribution in [0.2, 0.25) is 15.1 Å². The molecule has 0 heterocycles. The Morgan fingerprint density at radius 1 is 1.00 bits per heavy atom. The molecule has 100 valence electrons. The molecule has 0 aliphatic heterocycles. The SMILES string of the molecule is COc1ccc(Cl)cc1NCc1ccc(Cl)cc1Cl. The molecule has 0 aliphatic carbocycles. The summed E-state index contributed by atoms with van der Waals surface area (Å²) >= 11 is 17.9. The van der Waals surface area contributed by atoms with Crippen LogP contribution < -0.4 is 10.1 Å². The first kappa shape index (κ1) is 14.3. The molecule has 1 N–H and O–H groups in total. The van der Waals surface area contributed by atoms with Crippen molar-refractivity contribution in [2.24, 2.45) is 0 Å². The maximum Gasteiger partial charge on any atom is 0.142 e. The minimum atomic E-state index is 0.562. The fourth-order valence-electron chi connectivity index (χ4n) is 1.67. The second-order valence-corrected chi connectivity index (χ2v) is 5.21. The number of halogens is 3. The van der Waals surface area contributed by atoms with Crippen LogP contribution in [-0.2, 0) is 6.54 Å². The summed E-state index contributed by atoms with van der Waals surface area (Å²) in [6.45, 7) is 0.562. The Labute approximate surface area is 127 Å². The van der Waals surface area contributed by atoms with Crippen LogP contribution in [0.25, 0.3) is 0 Å². The number of hydrogen-bond donors (Lipinski definition) is 1. The quantitative estimate of drug-likeness (QED) is 0.830. The normalized spacial score (nSPS) is 10.3. The molecule has 0 bridgehead atoms. The number of rotatable bonds is 4. The van der Waals surface area contributed by atoms with Crippen molar-refractivity contribution in [2.45, 2.75) is 6.54 Å². The second kappa shape index (κ2) is 6.38. The van der Waals surface area contributed by atoms with E-state index in [-0.39, 0.29) is 0 Å². The van der Waals surface area contributed by atoms with Crippen LogP contribution >= 0.6 is 34.8 Å². The van der Waals surface area contributed by atoms with Crippen LogP contribution in [-0.4, -0.2) is 7.11 Å². The molecule has 2 aromatic carbocycles. The summed E-state index contributed by atoms with van der Waals surface area (Å²) in [5.74, 6) is 0.731. The predicted octanol–water partition coefficient (Wildman–Crippen LogP) is 5.27. The van der Waals surface area contributed by atoms with Gasteiger partial charge in [-0.2, -0.15) is 0 Å². The van der Waals surface area contributed by atoms with Crippen molar-refractivity contribution in [1.82, 2.24) is 0 Å². The summed E-state index contributed by atoms with van der Waals surface area (Å²) in [5.41, 5.74) is 1.77. The van der Waals surface area contributed by atoms with Crippen molar-refractivity contribution in [2.75, 3.05) is 12.4 Å². The van der Waals surface area contributed by atoms with Crippen molar-refractivity contribution >= 4 is 40.5 Å². The van der Waals surface area contributed by atoms with E-state index in [9.17, 15) is 0 Å². The van der Waals surface area contributed by atoms with Crippen molar-refractivity contribution < 1.29 is 4.74 Å². The Bertz CT molecular complexity index is 587. The zero-order chi connectivity index (χ0) is 13.8. The molecular formula is C14H12Cl3NO. The van der Waals surface area contributed by atoms with Gasteiger partial charge in [0.05, 0.1) is 12.8 Å². The number of methoxy groups -OCH3 is 1. The van der Waals surface area contributed by atoms with E-state index in [4.69, 9.17) is 39.5 Å². The van der Waals surface area contributed by atoms with Gasteiger partial charge in [0.25, 0.3) is 0 Å². The topological polar surface area (TPSA) is 21.3 Å². The smallest absolute Gasteiger partial charge is 0.142 e. The molecule has 2 nitrogen and oxygen atoms in total. The molecule has 0 saturated carbocycles. The third kappa shape index (κ3) is 3.69. The molecule has 0 radical (unpaired) electrons. The summed E-state index contributed by atoms with van der Waals surface area (Å²) in [4.78, 5) is 0. The highest BCUT2D eigenvalue weighted by Crippen LogP contribution is 2.29. The van der Waals surface area contributed by atoms with Gasteiger partial charge >= 0.3 is 0 Å². The highest BCUT2D eigenvalue weighted by Gasteiger charge is 2.05. The highest BCUT2D eigenvalue weighted by molar-refractivity contribution is 6.35. The lowest BCUT2D eigenvalue weighted by Crippen LogP contribution is -2.02. The van der Waals surface area contributed by atoms with Gasteiger partial charge in [-0.05, 0) is 35.9 Å². The molecule has 0 amide bonds. The lowest BCUT2D eigenvalue weighted by molar-refractivity contribution is 0.416. The van der Waals surface area contributed by atoms with E-state index in [0.717, 1.165) is 17.0 Å². The van der Waals surface area contributed by atoms with E-state index in [0.29, 0.717) is 21.6 Å². The number of nitrogens with one attached hydrogen (secondary N) is 1. The molecule has 19 heavy (non-hydrogen) atoms. The Morgan fingerprint density at radius 2 is 1.68 bits per heavy atom. The standard InChI is InChI=1S/C14H12Cl3NO/c1-19-14-5-4-11(16)7-13(14)18-8-9-2-3-10(15)6-12(9)17/h2-7,18H,8H2,1H3. The van der Waals surface area contributed by atoms with Gasteiger partial charge in [-0.15, -0.1) is 0 Å². The van der Waals surface area contributed by atoms with Gasteiger partial charge in [0.15, 0.2) is 0 Å². The van der Waals surface area contributed by atoms with E-state index in [1.807, 2.05) is 18.2 Å². The lowest BCUT2D eigenvalue weighted by atomic mass is 10.2. The number of benzene rings is 2. The molecule has 2 rings (SSSR count). The first-order chi connectivity index (χ1) is 9.10. The average molecular weight is 317 g/mol. The summed E-state index contributed by atoms with van der Waals surface area (Å²) in [6.07, 6.45) is 0. The van der Waals surface area contributed by atoms with E-state index in [1.54, 1.807) is 25.3 Å². The Balaban J connectivity index is 2.16. The van der Waals surface area contributed by atoms with Crippen molar-refractivity contribution in [3.8, 4) is 5.75 Å². The predicted molar refractivity (Wildman–Crippen MR) is 81.8 cm³/mol. The average Bonchev–Trinajstić information content (AvgIpc) is 2.38. The van der Waals surface area contributed by atoms with Gasteiger partial charge in [-0.3, -0.25) is 0 Å². The first-order valence-corrected chi connectivity index (χ1v) is 6.75. The third-order valence-electron chi connectivity index (χ3n) is 2.65. The van der Waals surface area contributed by atoms with Gasteiger partial charge in [-0.1, -0.05) is 40.9 Å². The van der Waals surface area contributed by atoms with Crippen LogP contribution in [0.3, 0.4) is 0 Å². The molecule has 0 aliphatic rings. The molecule has 0 unspecified atom stereocenters. The van der Waals surface area contributed by atoms with E-state index >= 15 is 0 Å². The highest BCUT2D eigenvalue weighted by atomic mass is 35.5. The Morgan fingerprint density at radius 3 is 2.37 bits per heavy atom. The Hall–Kier alpha value is -1.09. The fraction of sp³-hybridized carbons (Fsp3) is 0.143. The number of anilines is 1. The van der Waals surface area contributed by atoms with Crippen LogP contribution in [0.1, 0.15) is 5.56 Å². The lowest BCUT2D eigenvalue weighted by Gasteiger charge is -2.12. The van der Waals surface area contributed by atoms with E-state index in [2.05, 4.69) is 5.32 Å². The molecule has 0 atom stereocenters. The van der Waals surface area contributed by atoms with Gasteiger partial charge < -0.3 is 10.1 Å². The largest absolute Gasteiger partial charge is 0.495 e. The van der Waals surface area contributed by atoms with E-state index in [1.165, 1.54) is 0 Å². The van der Waals surface area contributed by atoms with Crippen molar-refractivity contribution in [3.63, 3.8) is 0 Å². The summed E-state index contributed by atoms with van der Waals surface area (Å²) < 4.78 is 5.26. The third-order valence-corrected chi connectivity index (χ3v) is 3.47. The first-order valence-electron chi connectivity index (χ1n) is 5.61. The van der Waals surface area contributed by atoms with Crippen molar-refractivity contribution in [3.05, 3.63) is 57.0 Å². The van der Waals surface area contributed by atoms with Crippen LogP contribution in [0, 0.1) is 0 Å². The maximum absolute atomic E-state index is 6.12. The van der Waals surface area contributed by atoms with E-state index < -0.39 is 0 Å². The van der Waals surface area contributed by atoms with Crippen LogP contribution in [0.4, 0.5) is 5.69 Å². The van der Waals surface area contributed by atoms with Gasteiger partial charge in [0.1, 0.15) is 5.75 Å². The minimum Gasteiger partial charge on any atom is -0.495 e. The minimum absolute atomic E-state index is 0.562. The van der Waals surface area contributed by atoms with Gasteiger partial charge in [0, 0.05) is 21.6 Å². The molecule has 0 spiro atoms. The fourth-order valence-corrected chi connectivity index (χ4v) is 2.32. The van der Waals surface area contributed by atoms with Gasteiger partial charge in [-0.25, -0.2) is 0 Å². The summed E-state index contributed by atoms with van der Waals surface area (Å²) in [5, 5.41) is 5.13. The summed E-state index contributed by atoms with van der Waals surface area (Å²) in [7, 11) is 1.61. The second-order valence-electron chi connectivity index (χ2n) is 3.93. The van der Waals surface area contributed by atoms with Crippen LogP contribution in [0.5, 0.6) is 5.75 Å². The summed E-state index contributed by atoms with van der Waals surface area (Å²) in [6, 6.07) is 10.8. The maximum atomic E-state index is 6.12. The number of hydrogen-bond acceptors (Lipinski definition) is 2. The monoisotopic (exact) mass is 315 g/mol. The number of ether oxygens (including phenoxy) is 1. The molecule has 2 aromatic rings. The zero-order valence-electron chi connectivity index (χ0n) is 10.2. The van der Waals surface area contributed by atoms with Gasteiger partial charge in [0.2, 0.25) is 0 Å². The molecule has 0 saturated heterocycles. The Kier molecular flexibility index (Phi) is 4.81. The molecule has 5 heteroatoms.